The normalized spacial score (nSPS) is 28.2. The number of benzene rings is 1. The largest absolute Gasteiger partial charge is 0.373 e. The third-order valence-electron chi connectivity index (χ3n) is 6.92. The smallest absolute Gasteiger partial charge is 0.243 e. The van der Waals surface area contributed by atoms with Gasteiger partial charge in [-0.15, -0.1) is 0 Å². The summed E-state index contributed by atoms with van der Waals surface area (Å²) in [5.41, 5.74) is 1.05. The standard InChI is InChI=1S/C24H39NO5S2/c1-18(2)31(26,27)17-23-12-9-21(10-13-23)8-11-22-6-5-7-24(14-22)32(28,29)25-15-19(3)30-20(4)16-25/h5-7,14,18-21,23H,8-13,15-17H2,1-4H3/t19-,20+,21?,23?. The average molecular weight is 486 g/mol. The fraction of sp³-hybridized carbons (Fsp3) is 0.750. The first kappa shape index (κ1) is 25.7. The molecule has 0 spiro atoms. The topological polar surface area (TPSA) is 80.8 Å². The average Bonchev–Trinajstić information content (AvgIpc) is 2.72. The van der Waals surface area contributed by atoms with Gasteiger partial charge in [-0.1, -0.05) is 25.0 Å². The Balaban J connectivity index is 1.55. The van der Waals surface area contributed by atoms with E-state index in [2.05, 4.69) is 0 Å². The van der Waals surface area contributed by atoms with E-state index >= 15 is 0 Å². The zero-order valence-electron chi connectivity index (χ0n) is 19.9. The van der Waals surface area contributed by atoms with E-state index in [4.69, 9.17) is 4.74 Å². The molecule has 1 aromatic rings. The number of aryl methyl sites for hydroxylation is 1. The molecule has 1 aliphatic heterocycles. The van der Waals surface area contributed by atoms with Crippen LogP contribution in [-0.2, 0) is 31.0 Å². The summed E-state index contributed by atoms with van der Waals surface area (Å²) in [5.74, 6) is 1.18. The second-order valence-corrected chi connectivity index (χ2v) is 14.6. The monoisotopic (exact) mass is 485 g/mol. The number of sulfonamides is 1. The summed E-state index contributed by atoms with van der Waals surface area (Å²) in [5, 5.41) is -0.298. The Morgan fingerprint density at radius 2 is 1.56 bits per heavy atom. The summed E-state index contributed by atoms with van der Waals surface area (Å²) < 4.78 is 57.9. The van der Waals surface area contributed by atoms with E-state index in [-0.39, 0.29) is 23.4 Å². The van der Waals surface area contributed by atoms with Crippen LogP contribution in [0.5, 0.6) is 0 Å². The number of nitrogens with zero attached hydrogens (tertiary/aromatic N) is 1. The molecule has 6 nitrogen and oxygen atoms in total. The van der Waals surface area contributed by atoms with Gasteiger partial charge in [0.25, 0.3) is 0 Å². The first-order valence-corrected chi connectivity index (χ1v) is 15.1. The molecule has 2 aliphatic rings. The van der Waals surface area contributed by atoms with Crippen LogP contribution in [-0.4, -0.2) is 57.4 Å². The molecule has 1 aromatic carbocycles. The summed E-state index contributed by atoms with van der Waals surface area (Å²) in [4.78, 5) is 0.360. The number of morpholine rings is 1. The molecular weight excluding hydrogens is 446 g/mol. The van der Waals surface area contributed by atoms with Gasteiger partial charge in [0, 0.05) is 13.1 Å². The molecule has 0 amide bonds. The maximum Gasteiger partial charge on any atom is 0.243 e. The number of hydrogen-bond donors (Lipinski definition) is 0. The minimum Gasteiger partial charge on any atom is -0.373 e. The van der Waals surface area contributed by atoms with Crippen molar-refractivity contribution in [1.82, 2.24) is 4.31 Å². The molecular formula is C24H39NO5S2. The summed E-state index contributed by atoms with van der Waals surface area (Å²) in [6.45, 7) is 8.09. The van der Waals surface area contributed by atoms with E-state index in [9.17, 15) is 16.8 Å². The Morgan fingerprint density at radius 1 is 0.969 bits per heavy atom. The summed E-state index contributed by atoms with van der Waals surface area (Å²) in [6.07, 6.45) is 5.69. The molecule has 2 atom stereocenters. The maximum absolute atomic E-state index is 13.2. The molecule has 1 saturated carbocycles. The molecule has 0 N–H and O–H groups in total. The van der Waals surface area contributed by atoms with Gasteiger partial charge in [-0.05, 0) is 82.9 Å². The Bertz CT molecular complexity index is 956. The minimum atomic E-state index is -3.53. The highest BCUT2D eigenvalue weighted by Crippen LogP contribution is 2.33. The summed E-state index contributed by atoms with van der Waals surface area (Å²) >= 11 is 0. The van der Waals surface area contributed by atoms with E-state index < -0.39 is 19.9 Å². The quantitative estimate of drug-likeness (QED) is 0.555. The fourth-order valence-electron chi connectivity index (χ4n) is 4.92. The first-order valence-electron chi connectivity index (χ1n) is 11.9. The molecule has 1 saturated heterocycles. The van der Waals surface area contributed by atoms with Crippen molar-refractivity contribution in [3.8, 4) is 0 Å². The van der Waals surface area contributed by atoms with Crippen LogP contribution in [0.4, 0.5) is 0 Å². The Kier molecular flexibility index (Phi) is 8.45. The first-order chi connectivity index (χ1) is 15.0. The molecule has 0 bridgehead atoms. The van der Waals surface area contributed by atoms with E-state index in [1.54, 1.807) is 19.9 Å². The maximum atomic E-state index is 13.2. The Hall–Kier alpha value is -0.960. The van der Waals surface area contributed by atoms with Crippen molar-refractivity contribution in [3.63, 3.8) is 0 Å². The van der Waals surface area contributed by atoms with Gasteiger partial charge in [-0.3, -0.25) is 0 Å². The van der Waals surface area contributed by atoms with Gasteiger partial charge in [-0.2, -0.15) is 4.31 Å². The van der Waals surface area contributed by atoms with Crippen LogP contribution in [0.15, 0.2) is 29.2 Å². The lowest BCUT2D eigenvalue weighted by Crippen LogP contribution is -2.48. The molecule has 32 heavy (non-hydrogen) atoms. The molecule has 1 aliphatic carbocycles. The molecule has 0 unspecified atom stereocenters. The molecule has 2 fully saturated rings. The van der Waals surface area contributed by atoms with Crippen molar-refractivity contribution in [1.29, 1.82) is 0 Å². The van der Waals surface area contributed by atoms with Gasteiger partial charge in [0.15, 0.2) is 9.84 Å². The lowest BCUT2D eigenvalue weighted by atomic mass is 9.80. The van der Waals surface area contributed by atoms with E-state index in [0.29, 0.717) is 29.7 Å². The van der Waals surface area contributed by atoms with E-state index in [1.165, 1.54) is 4.31 Å². The second-order valence-electron chi connectivity index (χ2n) is 10.0. The highest BCUT2D eigenvalue weighted by Gasteiger charge is 2.32. The SMILES string of the molecule is CC(C)S(=O)(=O)CC1CCC(CCc2cccc(S(=O)(=O)N3C[C@@H](C)O[C@@H](C)C3)c2)CC1. The molecule has 0 aromatic heterocycles. The molecule has 182 valence electrons. The van der Waals surface area contributed by atoms with Gasteiger partial charge in [0.2, 0.25) is 10.0 Å². The number of ether oxygens (including phenoxy) is 1. The van der Waals surface area contributed by atoms with Crippen LogP contribution < -0.4 is 0 Å². The summed E-state index contributed by atoms with van der Waals surface area (Å²) in [7, 11) is -6.50. The van der Waals surface area contributed by atoms with Crippen LogP contribution >= 0.6 is 0 Å². The van der Waals surface area contributed by atoms with Gasteiger partial charge < -0.3 is 4.74 Å². The molecule has 3 rings (SSSR count). The lowest BCUT2D eigenvalue weighted by molar-refractivity contribution is -0.0440. The summed E-state index contributed by atoms with van der Waals surface area (Å²) in [6, 6.07) is 7.35. The van der Waals surface area contributed by atoms with Gasteiger partial charge in [0.05, 0.1) is 28.1 Å². The molecule has 0 radical (unpaired) electrons. The van der Waals surface area contributed by atoms with Crippen LogP contribution in [0.1, 0.15) is 65.4 Å². The van der Waals surface area contributed by atoms with E-state index in [0.717, 1.165) is 44.1 Å². The number of rotatable bonds is 8. The van der Waals surface area contributed by atoms with Crippen molar-refractivity contribution < 1.29 is 21.6 Å². The predicted molar refractivity (Wildman–Crippen MR) is 128 cm³/mol. The molecule has 8 heteroatoms. The second kappa shape index (κ2) is 10.5. The zero-order valence-corrected chi connectivity index (χ0v) is 21.5. The highest BCUT2D eigenvalue weighted by atomic mass is 32.2. The minimum absolute atomic E-state index is 0.109. The van der Waals surface area contributed by atoms with Gasteiger partial charge >= 0.3 is 0 Å². The predicted octanol–water partition coefficient (Wildman–Crippen LogP) is 4.05. The van der Waals surface area contributed by atoms with Gasteiger partial charge in [-0.25, -0.2) is 16.8 Å². The van der Waals surface area contributed by atoms with Crippen molar-refractivity contribution in [2.45, 2.75) is 88.6 Å². The van der Waals surface area contributed by atoms with Crippen LogP contribution in [0.25, 0.3) is 0 Å². The van der Waals surface area contributed by atoms with Crippen LogP contribution in [0.2, 0.25) is 0 Å². The fourth-order valence-corrected chi connectivity index (χ4v) is 7.95. The van der Waals surface area contributed by atoms with Crippen molar-refractivity contribution in [2.24, 2.45) is 11.8 Å². The van der Waals surface area contributed by atoms with Crippen molar-refractivity contribution >= 4 is 19.9 Å². The number of sulfone groups is 1. The number of hydrogen-bond acceptors (Lipinski definition) is 5. The lowest BCUT2D eigenvalue weighted by Gasteiger charge is -2.34. The highest BCUT2D eigenvalue weighted by molar-refractivity contribution is 7.92. The van der Waals surface area contributed by atoms with Crippen molar-refractivity contribution in [3.05, 3.63) is 29.8 Å². The zero-order chi connectivity index (χ0) is 23.5. The third kappa shape index (κ3) is 6.55. The van der Waals surface area contributed by atoms with Crippen LogP contribution in [0.3, 0.4) is 0 Å². The van der Waals surface area contributed by atoms with Gasteiger partial charge in [0.1, 0.15) is 0 Å². The van der Waals surface area contributed by atoms with Crippen LogP contribution in [0, 0.1) is 11.8 Å². The Morgan fingerprint density at radius 3 is 2.16 bits per heavy atom. The Labute approximate surface area is 194 Å². The third-order valence-corrected chi connectivity index (χ3v) is 11.1. The van der Waals surface area contributed by atoms with Crippen molar-refractivity contribution in [2.75, 3.05) is 18.8 Å². The van der Waals surface area contributed by atoms with E-state index in [1.807, 2.05) is 32.0 Å². The molecule has 1 heterocycles.